The summed E-state index contributed by atoms with van der Waals surface area (Å²) in [6, 6.07) is 8.08. The molecule has 0 saturated carbocycles. The SMILES string of the molecule is Cc1cccc(NC(=O)Nc2cnccc2C(=O)O)c1. The van der Waals surface area contributed by atoms with Crippen molar-refractivity contribution in [2.24, 2.45) is 0 Å². The molecule has 3 N–H and O–H groups in total. The molecule has 2 amide bonds. The van der Waals surface area contributed by atoms with Gasteiger partial charge in [0.25, 0.3) is 0 Å². The summed E-state index contributed by atoms with van der Waals surface area (Å²) in [4.78, 5) is 26.6. The summed E-state index contributed by atoms with van der Waals surface area (Å²) in [6.45, 7) is 1.91. The van der Waals surface area contributed by atoms with Gasteiger partial charge >= 0.3 is 12.0 Å². The van der Waals surface area contributed by atoms with E-state index >= 15 is 0 Å². The van der Waals surface area contributed by atoms with Crippen LogP contribution in [0.3, 0.4) is 0 Å². The van der Waals surface area contributed by atoms with E-state index in [1.54, 1.807) is 12.1 Å². The van der Waals surface area contributed by atoms with Gasteiger partial charge in [0.15, 0.2) is 0 Å². The zero-order valence-electron chi connectivity index (χ0n) is 10.8. The molecule has 2 aromatic rings. The molecule has 0 aliphatic carbocycles. The van der Waals surface area contributed by atoms with E-state index < -0.39 is 12.0 Å². The van der Waals surface area contributed by atoms with E-state index in [2.05, 4.69) is 15.6 Å². The van der Waals surface area contributed by atoms with Crippen molar-refractivity contribution in [3.05, 3.63) is 53.9 Å². The molecule has 6 nitrogen and oxygen atoms in total. The van der Waals surface area contributed by atoms with Gasteiger partial charge in [-0.2, -0.15) is 0 Å². The summed E-state index contributed by atoms with van der Waals surface area (Å²) in [5.41, 5.74) is 1.77. The maximum absolute atomic E-state index is 11.8. The Morgan fingerprint density at radius 3 is 2.70 bits per heavy atom. The molecule has 0 aliphatic rings. The number of benzene rings is 1. The van der Waals surface area contributed by atoms with Crippen LogP contribution in [-0.4, -0.2) is 22.1 Å². The highest BCUT2D eigenvalue weighted by atomic mass is 16.4. The lowest BCUT2D eigenvalue weighted by Crippen LogP contribution is -2.21. The second-order valence-electron chi connectivity index (χ2n) is 4.18. The lowest BCUT2D eigenvalue weighted by molar-refractivity contribution is 0.0698. The topological polar surface area (TPSA) is 91.3 Å². The number of amides is 2. The third-order valence-electron chi connectivity index (χ3n) is 2.58. The standard InChI is InChI=1S/C14H13N3O3/c1-9-3-2-4-10(7-9)16-14(20)17-12-8-15-6-5-11(12)13(18)19/h2-8H,1H3,(H,18,19)(H2,16,17,20). The molecule has 6 heteroatoms. The van der Waals surface area contributed by atoms with Crippen LogP contribution in [0.1, 0.15) is 15.9 Å². The molecule has 102 valence electrons. The first-order valence-electron chi connectivity index (χ1n) is 5.88. The van der Waals surface area contributed by atoms with Crippen LogP contribution in [0.15, 0.2) is 42.7 Å². The fourth-order valence-electron chi connectivity index (χ4n) is 1.69. The van der Waals surface area contributed by atoms with E-state index in [9.17, 15) is 9.59 Å². The van der Waals surface area contributed by atoms with Crippen LogP contribution < -0.4 is 10.6 Å². The molecule has 0 unspecified atom stereocenters. The van der Waals surface area contributed by atoms with Gasteiger partial charge in [0.1, 0.15) is 0 Å². The minimum Gasteiger partial charge on any atom is -0.478 e. The first kappa shape index (κ1) is 13.5. The Hall–Kier alpha value is -2.89. The summed E-state index contributed by atoms with van der Waals surface area (Å²) in [5, 5.41) is 14.1. The zero-order valence-corrected chi connectivity index (χ0v) is 10.8. The molecule has 1 aromatic heterocycles. The Balaban J connectivity index is 2.11. The highest BCUT2D eigenvalue weighted by molar-refractivity contribution is 6.04. The first-order chi connectivity index (χ1) is 9.56. The molecule has 0 spiro atoms. The summed E-state index contributed by atoms with van der Waals surface area (Å²) < 4.78 is 0. The minimum atomic E-state index is -1.13. The Morgan fingerprint density at radius 1 is 1.20 bits per heavy atom. The number of pyridine rings is 1. The minimum absolute atomic E-state index is 0.0145. The van der Waals surface area contributed by atoms with E-state index in [-0.39, 0.29) is 11.3 Å². The normalized spacial score (nSPS) is 9.85. The lowest BCUT2D eigenvalue weighted by Gasteiger charge is -2.09. The van der Waals surface area contributed by atoms with Crippen molar-refractivity contribution in [1.29, 1.82) is 0 Å². The average Bonchev–Trinajstić information content (AvgIpc) is 2.38. The van der Waals surface area contributed by atoms with Crippen molar-refractivity contribution in [3.8, 4) is 0 Å². The van der Waals surface area contributed by atoms with Crippen molar-refractivity contribution < 1.29 is 14.7 Å². The van der Waals surface area contributed by atoms with Gasteiger partial charge in [0.05, 0.1) is 17.4 Å². The number of nitrogens with zero attached hydrogens (tertiary/aromatic N) is 1. The van der Waals surface area contributed by atoms with Gasteiger partial charge in [-0.25, -0.2) is 9.59 Å². The van der Waals surface area contributed by atoms with Crippen LogP contribution in [0.5, 0.6) is 0 Å². The summed E-state index contributed by atoms with van der Waals surface area (Å²) in [6.07, 6.45) is 2.65. The molecular formula is C14H13N3O3. The highest BCUT2D eigenvalue weighted by Gasteiger charge is 2.12. The number of carboxylic acids is 1. The number of carboxylic acid groups (broad SMARTS) is 1. The van der Waals surface area contributed by atoms with Crippen molar-refractivity contribution in [2.45, 2.75) is 6.92 Å². The summed E-state index contributed by atoms with van der Waals surface area (Å²) >= 11 is 0. The Kier molecular flexibility index (Phi) is 3.95. The van der Waals surface area contributed by atoms with Crippen LogP contribution in [0.4, 0.5) is 16.2 Å². The van der Waals surface area contributed by atoms with E-state index in [0.29, 0.717) is 5.69 Å². The number of aryl methyl sites for hydroxylation is 1. The van der Waals surface area contributed by atoms with E-state index in [1.165, 1.54) is 18.5 Å². The number of rotatable bonds is 3. The number of aromatic nitrogens is 1. The zero-order chi connectivity index (χ0) is 14.5. The van der Waals surface area contributed by atoms with Gasteiger partial charge in [-0.3, -0.25) is 4.98 Å². The largest absolute Gasteiger partial charge is 0.478 e. The van der Waals surface area contributed by atoms with Gasteiger partial charge in [-0.1, -0.05) is 12.1 Å². The average molecular weight is 271 g/mol. The Morgan fingerprint density at radius 2 is 2.00 bits per heavy atom. The van der Waals surface area contributed by atoms with Crippen LogP contribution in [0.2, 0.25) is 0 Å². The third kappa shape index (κ3) is 3.32. The molecule has 20 heavy (non-hydrogen) atoms. The van der Waals surface area contributed by atoms with E-state index in [4.69, 9.17) is 5.11 Å². The molecular weight excluding hydrogens is 258 g/mol. The van der Waals surface area contributed by atoms with Gasteiger partial charge in [0, 0.05) is 11.9 Å². The number of hydrogen-bond donors (Lipinski definition) is 3. The number of urea groups is 1. The van der Waals surface area contributed by atoms with Gasteiger partial charge in [0.2, 0.25) is 0 Å². The number of carbonyl (C=O) groups excluding carboxylic acids is 1. The third-order valence-corrected chi connectivity index (χ3v) is 2.58. The molecule has 0 bridgehead atoms. The Labute approximate surface area is 115 Å². The first-order valence-corrected chi connectivity index (χ1v) is 5.88. The van der Waals surface area contributed by atoms with E-state index in [0.717, 1.165) is 5.56 Å². The summed E-state index contributed by atoms with van der Waals surface area (Å²) in [5.74, 6) is -1.13. The number of aromatic carboxylic acids is 1. The van der Waals surface area contributed by atoms with Crippen molar-refractivity contribution in [2.75, 3.05) is 10.6 Å². The maximum Gasteiger partial charge on any atom is 0.337 e. The van der Waals surface area contributed by atoms with Crippen molar-refractivity contribution in [3.63, 3.8) is 0 Å². The Bertz CT molecular complexity index is 656. The van der Waals surface area contributed by atoms with Crippen LogP contribution >= 0.6 is 0 Å². The monoisotopic (exact) mass is 271 g/mol. The van der Waals surface area contributed by atoms with Crippen molar-refractivity contribution in [1.82, 2.24) is 4.98 Å². The van der Waals surface area contributed by atoms with Gasteiger partial charge in [-0.05, 0) is 30.7 Å². The number of anilines is 2. The van der Waals surface area contributed by atoms with Crippen LogP contribution in [0, 0.1) is 6.92 Å². The van der Waals surface area contributed by atoms with Crippen LogP contribution in [-0.2, 0) is 0 Å². The molecule has 0 saturated heterocycles. The molecule has 0 atom stereocenters. The van der Waals surface area contributed by atoms with Crippen LogP contribution in [0.25, 0.3) is 0 Å². The smallest absolute Gasteiger partial charge is 0.337 e. The molecule has 1 heterocycles. The predicted octanol–water partition coefficient (Wildman–Crippen LogP) is 2.73. The summed E-state index contributed by atoms with van der Waals surface area (Å²) in [7, 11) is 0. The quantitative estimate of drug-likeness (QED) is 0.800. The number of hydrogen-bond acceptors (Lipinski definition) is 3. The van der Waals surface area contributed by atoms with E-state index in [1.807, 2.05) is 19.1 Å². The molecule has 0 aliphatic heterocycles. The van der Waals surface area contributed by atoms with Gasteiger partial charge in [-0.15, -0.1) is 0 Å². The predicted molar refractivity (Wildman–Crippen MR) is 75.0 cm³/mol. The fourth-order valence-corrected chi connectivity index (χ4v) is 1.69. The molecule has 1 aromatic carbocycles. The molecule has 2 rings (SSSR count). The second-order valence-corrected chi connectivity index (χ2v) is 4.18. The second kappa shape index (κ2) is 5.83. The fraction of sp³-hybridized carbons (Fsp3) is 0.0714. The molecule has 0 fully saturated rings. The number of carbonyl (C=O) groups is 2. The highest BCUT2D eigenvalue weighted by Crippen LogP contribution is 2.14. The van der Waals surface area contributed by atoms with Gasteiger partial charge < -0.3 is 15.7 Å². The molecule has 0 radical (unpaired) electrons. The number of nitrogens with one attached hydrogen (secondary N) is 2. The lowest BCUT2D eigenvalue weighted by atomic mass is 10.2. The van der Waals surface area contributed by atoms with Crippen molar-refractivity contribution >= 4 is 23.4 Å². The maximum atomic E-state index is 11.8.